The molecule has 19 heavy (non-hydrogen) atoms. The van der Waals surface area contributed by atoms with E-state index in [1.165, 1.54) is 5.17 Å². The van der Waals surface area contributed by atoms with E-state index in [2.05, 4.69) is 33.9 Å². The first-order valence-corrected chi connectivity index (χ1v) is 9.59. The standard InChI is InChI=1S/C13H30N2O3Si/c1-12(2,3)17-11(16)9-10-15(14)18-19(7,8)13(4,5)6/h9-10,14H2,1-8H3. The van der Waals surface area contributed by atoms with Crippen molar-refractivity contribution >= 4 is 14.3 Å². The SMILES string of the molecule is CC(C)(C)OC(=O)CCN(N)O[Si](C)(C)C(C)(C)C. The molecule has 0 radical (unpaired) electrons. The zero-order valence-electron chi connectivity index (χ0n) is 13.7. The lowest BCUT2D eigenvalue weighted by molar-refractivity contribution is -0.158. The van der Waals surface area contributed by atoms with Crippen LogP contribution in [0.25, 0.3) is 0 Å². The Bertz CT molecular complexity index is 306. The molecule has 0 aliphatic heterocycles. The fraction of sp³-hybridized carbons (Fsp3) is 0.923. The third-order valence-corrected chi connectivity index (χ3v) is 7.41. The Hall–Kier alpha value is -0.433. The molecule has 6 heteroatoms. The molecule has 0 unspecified atom stereocenters. The molecule has 0 bridgehead atoms. The third kappa shape index (κ3) is 7.66. The highest BCUT2D eigenvalue weighted by atomic mass is 28.4. The summed E-state index contributed by atoms with van der Waals surface area (Å²) in [6.45, 7) is 16.5. The van der Waals surface area contributed by atoms with Gasteiger partial charge in [0, 0.05) is 6.54 Å². The van der Waals surface area contributed by atoms with Crippen LogP contribution in [0, 0.1) is 0 Å². The monoisotopic (exact) mass is 290 g/mol. The number of hydroxylamine groups is 1. The molecule has 0 aromatic carbocycles. The Morgan fingerprint density at radius 3 is 2.00 bits per heavy atom. The number of rotatable bonds is 5. The summed E-state index contributed by atoms with van der Waals surface area (Å²) < 4.78 is 11.0. The molecule has 0 rings (SSSR count). The number of nitrogens with zero attached hydrogens (tertiary/aromatic N) is 1. The minimum absolute atomic E-state index is 0.0799. The molecule has 0 aliphatic rings. The molecule has 0 aromatic heterocycles. The second-order valence-corrected chi connectivity index (χ2v) is 12.0. The summed E-state index contributed by atoms with van der Waals surface area (Å²) in [5.74, 6) is 5.54. The van der Waals surface area contributed by atoms with E-state index in [1.54, 1.807) is 0 Å². The number of hydrogen-bond donors (Lipinski definition) is 1. The van der Waals surface area contributed by atoms with E-state index in [9.17, 15) is 4.79 Å². The van der Waals surface area contributed by atoms with Crippen LogP contribution in [0.1, 0.15) is 48.0 Å². The highest BCUT2D eigenvalue weighted by molar-refractivity contribution is 6.74. The predicted octanol–water partition coefficient (Wildman–Crippen LogP) is 2.83. The van der Waals surface area contributed by atoms with Crippen LogP contribution < -0.4 is 5.84 Å². The van der Waals surface area contributed by atoms with Crippen molar-refractivity contribution in [2.75, 3.05) is 6.54 Å². The van der Waals surface area contributed by atoms with Gasteiger partial charge in [0.1, 0.15) is 5.60 Å². The van der Waals surface area contributed by atoms with Crippen LogP contribution >= 0.6 is 0 Å². The molecule has 0 fully saturated rings. The molecule has 0 heterocycles. The van der Waals surface area contributed by atoms with Crippen molar-refractivity contribution in [3.63, 3.8) is 0 Å². The second kappa shape index (κ2) is 6.34. The van der Waals surface area contributed by atoms with E-state index in [0.717, 1.165) is 0 Å². The number of ether oxygens (including phenoxy) is 1. The molecular formula is C13H30N2O3Si. The Labute approximate surface area is 118 Å². The first-order chi connectivity index (χ1) is 8.24. The number of carbonyl (C=O) groups excluding carboxylic acids is 1. The smallest absolute Gasteiger partial charge is 0.307 e. The number of nitrogens with two attached hydrogens (primary N) is 1. The van der Waals surface area contributed by atoms with Gasteiger partial charge in [-0.05, 0) is 38.9 Å². The Morgan fingerprint density at radius 1 is 1.16 bits per heavy atom. The van der Waals surface area contributed by atoms with Gasteiger partial charge in [-0.15, -0.1) is 5.17 Å². The van der Waals surface area contributed by atoms with Gasteiger partial charge in [-0.2, -0.15) is 0 Å². The van der Waals surface area contributed by atoms with Gasteiger partial charge in [0.25, 0.3) is 0 Å². The van der Waals surface area contributed by atoms with Crippen molar-refractivity contribution in [1.82, 2.24) is 5.17 Å². The molecule has 0 atom stereocenters. The first-order valence-electron chi connectivity index (χ1n) is 6.68. The molecule has 0 spiro atoms. The molecule has 5 nitrogen and oxygen atoms in total. The lowest BCUT2D eigenvalue weighted by Crippen LogP contribution is -2.49. The van der Waals surface area contributed by atoms with Crippen LogP contribution in [0.5, 0.6) is 0 Å². The summed E-state index contributed by atoms with van der Waals surface area (Å²) in [4.78, 5) is 11.6. The number of esters is 1. The minimum Gasteiger partial charge on any atom is -0.460 e. The molecule has 0 aliphatic carbocycles. The summed E-state index contributed by atoms with van der Waals surface area (Å²) >= 11 is 0. The maximum Gasteiger partial charge on any atom is 0.307 e. The van der Waals surface area contributed by atoms with Crippen LogP contribution in [0.2, 0.25) is 18.1 Å². The zero-order chi connectivity index (χ0) is 15.5. The molecule has 0 saturated heterocycles. The largest absolute Gasteiger partial charge is 0.460 e. The molecule has 2 N–H and O–H groups in total. The Morgan fingerprint density at radius 2 is 1.63 bits per heavy atom. The maximum atomic E-state index is 11.6. The van der Waals surface area contributed by atoms with Gasteiger partial charge in [-0.25, -0.2) is 5.84 Å². The van der Waals surface area contributed by atoms with E-state index in [0.29, 0.717) is 6.54 Å². The Balaban J connectivity index is 4.21. The fourth-order valence-electron chi connectivity index (χ4n) is 1.07. The average Bonchev–Trinajstić information content (AvgIpc) is 2.09. The van der Waals surface area contributed by atoms with E-state index < -0.39 is 13.9 Å². The van der Waals surface area contributed by atoms with Crippen LogP contribution in [-0.2, 0) is 14.1 Å². The van der Waals surface area contributed by atoms with E-state index in [1.807, 2.05) is 20.8 Å². The van der Waals surface area contributed by atoms with Gasteiger partial charge in [0.2, 0.25) is 8.32 Å². The highest BCUT2D eigenvalue weighted by Crippen LogP contribution is 2.36. The van der Waals surface area contributed by atoms with E-state index in [-0.39, 0.29) is 17.4 Å². The quantitative estimate of drug-likeness (QED) is 0.365. The summed E-state index contributed by atoms with van der Waals surface area (Å²) in [5.41, 5.74) is -0.462. The number of hydrogen-bond acceptors (Lipinski definition) is 5. The summed E-state index contributed by atoms with van der Waals surface area (Å²) in [7, 11) is -1.94. The summed E-state index contributed by atoms with van der Waals surface area (Å²) in [6, 6.07) is 0. The minimum atomic E-state index is -1.94. The average molecular weight is 290 g/mol. The van der Waals surface area contributed by atoms with Crippen LogP contribution in [0.15, 0.2) is 0 Å². The number of hydrazine groups is 1. The third-order valence-electron chi connectivity index (χ3n) is 3.11. The van der Waals surface area contributed by atoms with Gasteiger partial charge in [-0.1, -0.05) is 20.8 Å². The molecule has 114 valence electrons. The van der Waals surface area contributed by atoms with Crippen molar-refractivity contribution in [3.8, 4) is 0 Å². The van der Waals surface area contributed by atoms with Crippen molar-refractivity contribution in [2.45, 2.75) is 71.7 Å². The van der Waals surface area contributed by atoms with Gasteiger partial charge >= 0.3 is 5.97 Å². The van der Waals surface area contributed by atoms with Crippen molar-refractivity contribution in [3.05, 3.63) is 0 Å². The van der Waals surface area contributed by atoms with Gasteiger partial charge in [0.05, 0.1) is 6.42 Å². The van der Waals surface area contributed by atoms with Gasteiger partial charge in [-0.3, -0.25) is 4.79 Å². The topological polar surface area (TPSA) is 64.8 Å². The normalized spacial score (nSPS) is 13.8. The van der Waals surface area contributed by atoms with Crippen LogP contribution in [-0.4, -0.2) is 31.6 Å². The Kier molecular flexibility index (Phi) is 6.20. The predicted molar refractivity (Wildman–Crippen MR) is 79.6 cm³/mol. The maximum absolute atomic E-state index is 11.6. The lowest BCUT2D eigenvalue weighted by atomic mass is 10.2. The molecule has 0 saturated carbocycles. The first kappa shape index (κ1) is 18.6. The second-order valence-electron chi connectivity index (χ2n) is 7.33. The molecule has 0 amide bonds. The van der Waals surface area contributed by atoms with Gasteiger partial charge < -0.3 is 9.26 Å². The number of carbonyl (C=O) groups is 1. The zero-order valence-corrected chi connectivity index (χ0v) is 14.7. The fourth-order valence-corrected chi connectivity index (χ4v) is 2.02. The van der Waals surface area contributed by atoms with Crippen molar-refractivity contribution in [2.24, 2.45) is 5.84 Å². The van der Waals surface area contributed by atoms with Gasteiger partial charge in [0.15, 0.2) is 0 Å². The van der Waals surface area contributed by atoms with Crippen LogP contribution in [0.3, 0.4) is 0 Å². The summed E-state index contributed by atoms with van der Waals surface area (Å²) in [5, 5.41) is 1.36. The van der Waals surface area contributed by atoms with Crippen LogP contribution in [0.4, 0.5) is 0 Å². The molecular weight excluding hydrogens is 260 g/mol. The highest BCUT2D eigenvalue weighted by Gasteiger charge is 2.39. The molecule has 0 aromatic rings. The lowest BCUT2D eigenvalue weighted by Gasteiger charge is -2.38. The van der Waals surface area contributed by atoms with Crippen molar-refractivity contribution < 1.29 is 14.1 Å². The van der Waals surface area contributed by atoms with Crippen molar-refractivity contribution in [1.29, 1.82) is 0 Å². The van der Waals surface area contributed by atoms with E-state index in [4.69, 9.17) is 15.1 Å². The van der Waals surface area contributed by atoms with E-state index >= 15 is 0 Å². The summed E-state index contributed by atoms with van der Waals surface area (Å²) in [6.07, 6.45) is 0.225.